The molecule has 0 saturated carbocycles. The average molecular weight is 257 g/mol. The predicted molar refractivity (Wildman–Crippen MR) is 60.2 cm³/mol. The third-order valence-corrected chi connectivity index (χ3v) is 2.01. The van der Waals surface area contributed by atoms with Crippen molar-refractivity contribution in [2.24, 2.45) is 0 Å². The van der Waals surface area contributed by atoms with Crippen LogP contribution in [0.3, 0.4) is 0 Å². The van der Waals surface area contributed by atoms with Gasteiger partial charge in [-0.05, 0) is 13.8 Å². The number of nitro benzene ring substituents is 1. The second kappa shape index (κ2) is 5.44. The summed E-state index contributed by atoms with van der Waals surface area (Å²) in [5.41, 5.74) is -0.937. The molecule has 18 heavy (non-hydrogen) atoms. The number of esters is 1. The molecule has 0 aliphatic heterocycles. The number of carbonyl (C=O) groups is 1. The number of rotatable bonds is 4. The number of hydrogen-bond acceptors (Lipinski definition) is 5. The first-order valence-corrected chi connectivity index (χ1v) is 5.09. The Bertz CT molecular complexity index is 487. The summed E-state index contributed by atoms with van der Waals surface area (Å²) in [5, 5.41) is 10.7. The summed E-state index contributed by atoms with van der Waals surface area (Å²) in [6, 6.07) is 1.61. The molecule has 0 saturated heterocycles. The van der Waals surface area contributed by atoms with Gasteiger partial charge in [0, 0.05) is 6.07 Å². The third-order valence-electron chi connectivity index (χ3n) is 2.01. The van der Waals surface area contributed by atoms with Gasteiger partial charge in [-0.1, -0.05) is 0 Å². The molecule has 0 aliphatic rings. The van der Waals surface area contributed by atoms with Crippen molar-refractivity contribution in [2.75, 3.05) is 7.11 Å². The third kappa shape index (κ3) is 2.93. The number of hydrogen-bond donors (Lipinski definition) is 0. The van der Waals surface area contributed by atoms with E-state index in [0.717, 1.165) is 13.2 Å². The van der Waals surface area contributed by atoms with Gasteiger partial charge in [-0.25, -0.2) is 9.18 Å². The molecule has 0 heterocycles. The lowest BCUT2D eigenvalue weighted by molar-refractivity contribution is -0.386. The minimum Gasteiger partial charge on any atom is -0.484 e. The Hall–Kier alpha value is -2.18. The Morgan fingerprint density at radius 3 is 2.50 bits per heavy atom. The maximum Gasteiger partial charge on any atom is 0.340 e. The summed E-state index contributed by atoms with van der Waals surface area (Å²) >= 11 is 0. The van der Waals surface area contributed by atoms with Crippen LogP contribution in [0.4, 0.5) is 10.1 Å². The van der Waals surface area contributed by atoms with Gasteiger partial charge in [0.25, 0.3) is 0 Å². The lowest BCUT2D eigenvalue weighted by Crippen LogP contribution is -2.11. The first-order valence-electron chi connectivity index (χ1n) is 5.09. The summed E-state index contributed by atoms with van der Waals surface area (Å²) in [4.78, 5) is 21.2. The van der Waals surface area contributed by atoms with E-state index in [2.05, 4.69) is 4.74 Å². The molecule has 0 amide bonds. The molecule has 7 heteroatoms. The molecule has 0 aromatic heterocycles. The highest BCUT2D eigenvalue weighted by Crippen LogP contribution is 2.31. The number of halogens is 1. The van der Waals surface area contributed by atoms with Crippen LogP contribution in [0.5, 0.6) is 5.75 Å². The van der Waals surface area contributed by atoms with Crippen LogP contribution < -0.4 is 4.74 Å². The van der Waals surface area contributed by atoms with Crippen molar-refractivity contribution >= 4 is 11.7 Å². The highest BCUT2D eigenvalue weighted by molar-refractivity contribution is 5.90. The van der Waals surface area contributed by atoms with E-state index in [4.69, 9.17) is 4.74 Å². The van der Waals surface area contributed by atoms with Crippen LogP contribution in [0.25, 0.3) is 0 Å². The maximum atomic E-state index is 13.5. The quantitative estimate of drug-likeness (QED) is 0.469. The van der Waals surface area contributed by atoms with Gasteiger partial charge in [-0.3, -0.25) is 10.1 Å². The summed E-state index contributed by atoms with van der Waals surface area (Å²) < 4.78 is 23.1. The van der Waals surface area contributed by atoms with Gasteiger partial charge in [0.15, 0.2) is 5.75 Å². The molecule has 0 spiro atoms. The van der Waals surface area contributed by atoms with Crippen molar-refractivity contribution in [3.63, 3.8) is 0 Å². The Morgan fingerprint density at radius 2 is 2.06 bits per heavy atom. The fraction of sp³-hybridized carbons (Fsp3) is 0.364. The molecule has 98 valence electrons. The van der Waals surface area contributed by atoms with E-state index in [1.807, 2.05) is 0 Å². The first-order chi connectivity index (χ1) is 8.36. The zero-order valence-corrected chi connectivity index (χ0v) is 10.1. The zero-order valence-electron chi connectivity index (χ0n) is 10.1. The van der Waals surface area contributed by atoms with Crippen LogP contribution in [0.15, 0.2) is 12.1 Å². The lowest BCUT2D eigenvalue weighted by Gasteiger charge is -2.11. The largest absolute Gasteiger partial charge is 0.484 e. The molecule has 0 N–H and O–H groups in total. The van der Waals surface area contributed by atoms with Crippen molar-refractivity contribution in [3.8, 4) is 5.75 Å². The highest BCUT2D eigenvalue weighted by atomic mass is 19.1. The number of nitro groups is 1. The molecular formula is C11H12FNO5. The number of ether oxygens (including phenoxy) is 2. The van der Waals surface area contributed by atoms with Gasteiger partial charge in [-0.15, -0.1) is 0 Å². The summed E-state index contributed by atoms with van der Waals surface area (Å²) in [5.74, 6) is -2.11. The van der Waals surface area contributed by atoms with E-state index < -0.39 is 28.0 Å². The molecular weight excluding hydrogens is 245 g/mol. The number of benzene rings is 1. The Labute approximate surface area is 102 Å². The van der Waals surface area contributed by atoms with Crippen molar-refractivity contribution in [2.45, 2.75) is 20.0 Å². The smallest absolute Gasteiger partial charge is 0.340 e. The Kier molecular flexibility index (Phi) is 4.19. The summed E-state index contributed by atoms with van der Waals surface area (Å²) in [6.45, 7) is 3.32. The van der Waals surface area contributed by atoms with Crippen LogP contribution in [0.1, 0.15) is 24.2 Å². The van der Waals surface area contributed by atoms with Crippen LogP contribution >= 0.6 is 0 Å². The van der Waals surface area contributed by atoms with Crippen molar-refractivity contribution in [3.05, 3.63) is 33.6 Å². The van der Waals surface area contributed by atoms with E-state index in [1.54, 1.807) is 13.8 Å². The van der Waals surface area contributed by atoms with Gasteiger partial charge >= 0.3 is 11.7 Å². The lowest BCUT2D eigenvalue weighted by atomic mass is 10.1. The monoisotopic (exact) mass is 257 g/mol. The molecule has 1 aromatic carbocycles. The molecule has 1 rings (SSSR count). The summed E-state index contributed by atoms with van der Waals surface area (Å²) in [6.07, 6.45) is -0.348. The predicted octanol–water partition coefficient (Wildman–Crippen LogP) is 2.31. The second-order valence-corrected chi connectivity index (χ2v) is 3.72. The van der Waals surface area contributed by atoms with E-state index in [0.29, 0.717) is 6.07 Å². The van der Waals surface area contributed by atoms with Crippen molar-refractivity contribution < 1.29 is 23.6 Å². The maximum absolute atomic E-state index is 13.5. The van der Waals surface area contributed by atoms with Crippen LogP contribution in [0.2, 0.25) is 0 Å². The van der Waals surface area contributed by atoms with Crippen LogP contribution in [-0.2, 0) is 4.74 Å². The van der Waals surface area contributed by atoms with Crippen LogP contribution in [-0.4, -0.2) is 24.1 Å². The first kappa shape index (κ1) is 13.9. The minimum atomic E-state index is -1.02. The van der Waals surface area contributed by atoms with Gasteiger partial charge in [0.05, 0.1) is 29.8 Å². The minimum absolute atomic E-state index is 0.170. The molecule has 0 unspecified atom stereocenters. The van der Waals surface area contributed by atoms with E-state index in [9.17, 15) is 19.3 Å². The van der Waals surface area contributed by atoms with E-state index in [-0.39, 0.29) is 11.9 Å². The van der Waals surface area contributed by atoms with Gasteiger partial charge < -0.3 is 9.47 Å². The molecule has 0 aliphatic carbocycles. The molecule has 6 nitrogen and oxygen atoms in total. The summed E-state index contributed by atoms with van der Waals surface area (Å²) in [7, 11) is 1.09. The molecule has 0 bridgehead atoms. The van der Waals surface area contributed by atoms with Gasteiger partial charge in [0.1, 0.15) is 5.82 Å². The topological polar surface area (TPSA) is 78.7 Å². The van der Waals surface area contributed by atoms with Gasteiger partial charge in [-0.2, -0.15) is 0 Å². The highest BCUT2D eigenvalue weighted by Gasteiger charge is 2.24. The number of methoxy groups -OCH3 is 1. The molecule has 1 aromatic rings. The molecule has 0 radical (unpaired) electrons. The van der Waals surface area contributed by atoms with Crippen molar-refractivity contribution in [1.29, 1.82) is 0 Å². The van der Waals surface area contributed by atoms with Crippen molar-refractivity contribution in [1.82, 2.24) is 0 Å². The number of nitrogens with zero attached hydrogens (tertiary/aromatic N) is 1. The second-order valence-electron chi connectivity index (χ2n) is 3.72. The SMILES string of the molecule is COC(=O)c1cc(OC(C)C)c([N+](=O)[O-])cc1F. The Balaban J connectivity index is 3.35. The standard InChI is InChI=1S/C11H12FNO5/c1-6(2)18-10-4-7(11(14)17-3)8(12)5-9(10)13(15)16/h4-6H,1-3H3. The molecule has 0 fully saturated rings. The fourth-order valence-corrected chi connectivity index (χ4v) is 1.30. The fourth-order valence-electron chi connectivity index (χ4n) is 1.30. The van der Waals surface area contributed by atoms with Crippen LogP contribution in [0, 0.1) is 15.9 Å². The van der Waals surface area contributed by atoms with E-state index >= 15 is 0 Å². The van der Waals surface area contributed by atoms with Gasteiger partial charge in [0.2, 0.25) is 0 Å². The average Bonchev–Trinajstić information content (AvgIpc) is 2.29. The van der Waals surface area contributed by atoms with E-state index in [1.165, 1.54) is 0 Å². The molecule has 0 atom stereocenters. The normalized spacial score (nSPS) is 10.3. The Morgan fingerprint density at radius 1 is 1.44 bits per heavy atom. The zero-order chi connectivity index (χ0) is 13.9. The number of carbonyl (C=O) groups excluding carboxylic acids is 1.